The summed E-state index contributed by atoms with van der Waals surface area (Å²) in [7, 11) is 0. The van der Waals surface area contributed by atoms with Gasteiger partial charge >= 0.3 is 0 Å². The van der Waals surface area contributed by atoms with Gasteiger partial charge in [-0.15, -0.1) is 11.3 Å². The highest BCUT2D eigenvalue weighted by molar-refractivity contribution is 7.71. The molecule has 0 radical (unpaired) electrons. The van der Waals surface area contributed by atoms with Gasteiger partial charge in [0.1, 0.15) is 0 Å². The van der Waals surface area contributed by atoms with Crippen LogP contribution in [0.25, 0.3) is 21.8 Å². The average molecular weight is 377 g/mol. The van der Waals surface area contributed by atoms with Gasteiger partial charge in [0, 0.05) is 15.3 Å². The summed E-state index contributed by atoms with van der Waals surface area (Å²) in [6.07, 6.45) is 1.82. The van der Waals surface area contributed by atoms with E-state index >= 15 is 0 Å². The Balaban J connectivity index is 1.64. The number of aromatic nitrogens is 3. The van der Waals surface area contributed by atoms with Crippen molar-refractivity contribution >= 4 is 29.8 Å². The van der Waals surface area contributed by atoms with Crippen molar-refractivity contribution in [3.8, 4) is 21.8 Å². The predicted molar refractivity (Wildman–Crippen MR) is 110 cm³/mol. The molecule has 6 heteroatoms. The van der Waals surface area contributed by atoms with Gasteiger partial charge < -0.3 is 0 Å². The fourth-order valence-corrected chi connectivity index (χ4v) is 3.64. The maximum Gasteiger partial charge on any atom is 0.216 e. The molecule has 0 aliphatic heterocycles. The van der Waals surface area contributed by atoms with E-state index in [1.807, 2.05) is 48.7 Å². The van der Waals surface area contributed by atoms with Crippen molar-refractivity contribution < 1.29 is 0 Å². The molecule has 0 atom stereocenters. The highest BCUT2D eigenvalue weighted by atomic mass is 32.1. The number of benzene rings is 2. The predicted octanol–water partition coefficient (Wildman–Crippen LogP) is 5.53. The third kappa shape index (κ3) is 3.42. The Morgan fingerprint density at radius 3 is 2.54 bits per heavy atom. The van der Waals surface area contributed by atoms with Crippen molar-refractivity contribution in [2.24, 2.45) is 5.10 Å². The quantitative estimate of drug-likeness (QED) is 0.376. The standard InChI is InChI=1S/C20H16N4S2/c1-14-7-9-16(10-8-14)19-22-23-20(25)24(19)21-13-17-11-12-18(26-17)15-5-3-2-4-6-15/h2-13H,1H3,(H,23,25)/b21-13-. The molecule has 128 valence electrons. The lowest BCUT2D eigenvalue weighted by Crippen LogP contribution is -1.94. The molecule has 4 aromatic rings. The van der Waals surface area contributed by atoms with Crippen LogP contribution in [0.1, 0.15) is 10.4 Å². The summed E-state index contributed by atoms with van der Waals surface area (Å²) in [6.45, 7) is 2.06. The maximum atomic E-state index is 5.33. The summed E-state index contributed by atoms with van der Waals surface area (Å²) in [4.78, 5) is 2.27. The summed E-state index contributed by atoms with van der Waals surface area (Å²) < 4.78 is 2.12. The van der Waals surface area contributed by atoms with Crippen LogP contribution in [0.3, 0.4) is 0 Å². The first kappa shape index (κ1) is 16.6. The molecule has 4 nitrogen and oxygen atoms in total. The van der Waals surface area contributed by atoms with Crippen molar-refractivity contribution in [2.45, 2.75) is 6.92 Å². The minimum atomic E-state index is 0.469. The van der Waals surface area contributed by atoms with Gasteiger partial charge in [0.05, 0.1) is 6.21 Å². The van der Waals surface area contributed by atoms with E-state index in [0.717, 1.165) is 10.4 Å². The number of H-pyrrole nitrogens is 1. The van der Waals surface area contributed by atoms with E-state index in [0.29, 0.717) is 10.6 Å². The van der Waals surface area contributed by atoms with Gasteiger partial charge in [-0.2, -0.15) is 14.9 Å². The van der Waals surface area contributed by atoms with Crippen LogP contribution in [-0.2, 0) is 0 Å². The number of nitrogens with zero attached hydrogens (tertiary/aromatic N) is 3. The van der Waals surface area contributed by atoms with E-state index in [2.05, 4.69) is 46.5 Å². The minimum absolute atomic E-state index is 0.469. The molecule has 0 spiro atoms. The van der Waals surface area contributed by atoms with E-state index in [4.69, 9.17) is 12.2 Å². The normalized spacial score (nSPS) is 11.3. The molecule has 2 heterocycles. The van der Waals surface area contributed by atoms with Crippen molar-refractivity contribution in [3.05, 3.63) is 81.9 Å². The summed E-state index contributed by atoms with van der Waals surface area (Å²) in [6, 6.07) is 22.6. The van der Waals surface area contributed by atoms with Crippen LogP contribution in [0.5, 0.6) is 0 Å². The first-order valence-corrected chi connectivity index (χ1v) is 9.37. The Morgan fingerprint density at radius 1 is 1.00 bits per heavy atom. The third-order valence-electron chi connectivity index (χ3n) is 3.95. The van der Waals surface area contributed by atoms with E-state index < -0.39 is 0 Å². The van der Waals surface area contributed by atoms with Crippen molar-refractivity contribution in [3.63, 3.8) is 0 Å². The number of rotatable bonds is 4. The highest BCUT2D eigenvalue weighted by Gasteiger charge is 2.08. The van der Waals surface area contributed by atoms with Crippen molar-refractivity contribution in [1.82, 2.24) is 14.9 Å². The summed E-state index contributed by atoms with van der Waals surface area (Å²) >= 11 is 7.02. The lowest BCUT2D eigenvalue weighted by molar-refractivity contribution is 0.872. The molecule has 2 aromatic carbocycles. The fourth-order valence-electron chi connectivity index (χ4n) is 2.58. The second-order valence-corrected chi connectivity index (χ2v) is 7.34. The van der Waals surface area contributed by atoms with Crippen LogP contribution in [0.2, 0.25) is 0 Å². The first-order chi connectivity index (χ1) is 12.7. The van der Waals surface area contributed by atoms with E-state index in [-0.39, 0.29) is 0 Å². The van der Waals surface area contributed by atoms with Gasteiger partial charge in [-0.3, -0.25) is 0 Å². The zero-order valence-electron chi connectivity index (χ0n) is 14.1. The highest BCUT2D eigenvalue weighted by Crippen LogP contribution is 2.27. The molecule has 4 rings (SSSR count). The van der Waals surface area contributed by atoms with Gasteiger partial charge in [0.2, 0.25) is 4.77 Å². The van der Waals surface area contributed by atoms with Crippen LogP contribution in [0.15, 0.2) is 71.8 Å². The zero-order valence-corrected chi connectivity index (χ0v) is 15.7. The lowest BCUT2D eigenvalue weighted by atomic mass is 10.1. The Morgan fingerprint density at radius 2 is 1.77 bits per heavy atom. The molecule has 0 aliphatic rings. The Kier molecular flexibility index (Phi) is 4.60. The lowest BCUT2D eigenvalue weighted by Gasteiger charge is -2.01. The average Bonchev–Trinajstić information content (AvgIpc) is 3.28. The Labute approximate surface area is 160 Å². The molecule has 0 bridgehead atoms. The molecule has 0 amide bonds. The molecule has 0 aliphatic carbocycles. The van der Waals surface area contributed by atoms with E-state index in [1.165, 1.54) is 16.0 Å². The number of hydrogen-bond donors (Lipinski definition) is 1. The van der Waals surface area contributed by atoms with Crippen molar-refractivity contribution in [2.75, 3.05) is 0 Å². The Bertz CT molecular complexity index is 1100. The largest absolute Gasteiger partial charge is 0.250 e. The monoisotopic (exact) mass is 376 g/mol. The van der Waals surface area contributed by atoms with E-state index in [9.17, 15) is 0 Å². The minimum Gasteiger partial charge on any atom is -0.250 e. The molecular formula is C20H16N4S2. The number of thiophene rings is 1. The second-order valence-electron chi connectivity index (χ2n) is 5.84. The SMILES string of the molecule is Cc1ccc(-c2n[nH]c(=S)n2/N=C\c2ccc(-c3ccccc3)s2)cc1. The Hall–Kier alpha value is -2.83. The molecule has 0 saturated carbocycles. The van der Waals surface area contributed by atoms with Crippen LogP contribution in [0.4, 0.5) is 0 Å². The second kappa shape index (κ2) is 7.19. The summed E-state index contributed by atoms with van der Waals surface area (Å²) in [5.41, 5.74) is 3.37. The van der Waals surface area contributed by atoms with Gasteiger partial charge in [0.15, 0.2) is 5.82 Å². The molecule has 0 saturated heterocycles. The maximum absolute atomic E-state index is 5.33. The fraction of sp³-hybridized carbons (Fsp3) is 0.0500. The van der Waals surface area contributed by atoms with E-state index in [1.54, 1.807) is 16.0 Å². The number of hydrogen-bond acceptors (Lipinski definition) is 4. The molecule has 2 aromatic heterocycles. The van der Waals surface area contributed by atoms with Crippen LogP contribution in [0, 0.1) is 11.7 Å². The summed E-state index contributed by atoms with van der Waals surface area (Å²) in [5, 5.41) is 11.7. The van der Waals surface area contributed by atoms with Crippen LogP contribution >= 0.6 is 23.6 Å². The molecular weight excluding hydrogens is 360 g/mol. The van der Waals surface area contributed by atoms with Crippen LogP contribution in [-0.4, -0.2) is 21.1 Å². The number of aromatic amines is 1. The van der Waals surface area contributed by atoms with Gasteiger partial charge in [0.25, 0.3) is 0 Å². The van der Waals surface area contributed by atoms with Crippen molar-refractivity contribution in [1.29, 1.82) is 0 Å². The van der Waals surface area contributed by atoms with Crippen LogP contribution < -0.4 is 0 Å². The number of nitrogens with one attached hydrogen (secondary N) is 1. The molecule has 0 fully saturated rings. The van der Waals surface area contributed by atoms with Gasteiger partial charge in [-0.1, -0.05) is 60.2 Å². The molecule has 1 N–H and O–H groups in total. The van der Waals surface area contributed by atoms with Gasteiger partial charge in [-0.25, -0.2) is 5.10 Å². The molecule has 26 heavy (non-hydrogen) atoms. The first-order valence-electron chi connectivity index (χ1n) is 8.15. The topological polar surface area (TPSA) is 46.0 Å². The van der Waals surface area contributed by atoms with Gasteiger partial charge in [-0.05, 0) is 36.8 Å². The molecule has 0 unspecified atom stereocenters. The zero-order chi connectivity index (χ0) is 17.9. The third-order valence-corrected chi connectivity index (χ3v) is 5.28. The number of aryl methyl sites for hydroxylation is 1. The summed E-state index contributed by atoms with van der Waals surface area (Å²) in [5.74, 6) is 0.700. The smallest absolute Gasteiger partial charge is 0.216 e.